The molecule has 1 unspecified atom stereocenters. The van der Waals surface area contributed by atoms with Gasteiger partial charge in [0.2, 0.25) is 0 Å². The molecule has 0 aromatic heterocycles. The first-order valence-corrected chi connectivity index (χ1v) is 7.67. The third kappa shape index (κ3) is 5.12. The molecule has 1 rings (SSSR count). The van der Waals surface area contributed by atoms with Crippen LogP contribution < -0.4 is 5.73 Å². The van der Waals surface area contributed by atoms with Crippen molar-refractivity contribution < 1.29 is 19.4 Å². The van der Waals surface area contributed by atoms with Gasteiger partial charge in [0.25, 0.3) is 0 Å². The predicted molar refractivity (Wildman–Crippen MR) is 76.2 cm³/mol. The van der Waals surface area contributed by atoms with Gasteiger partial charge in [0.1, 0.15) is 0 Å². The molecule has 116 valence electrons. The Labute approximate surface area is 120 Å². The number of ether oxygens (including phenoxy) is 1. The summed E-state index contributed by atoms with van der Waals surface area (Å²) in [6.07, 6.45) is 6.72. The van der Waals surface area contributed by atoms with Gasteiger partial charge in [-0.15, -0.1) is 0 Å². The van der Waals surface area contributed by atoms with E-state index < -0.39 is 17.4 Å². The summed E-state index contributed by atoms with van der Waals surface area (Å²) < 4.78 is 5.28. The standard InChI is InChI=1S/C15H27NO4/c1-2-3-11-20-14(19)12(7-8-13(17)18)15(16)9-5-4-6-10-15/h12H,2-11,16H2,1H3,(H,17,18). The Bertz CT molecular complexity index is 324. The molecule has 5 nitrogen and oxygen atoms in total. The van der Waals surface area contributed by atoms with Crippen LogP contribution in [0, 0.1) is 5.92 Å². The van der Waals surface area contributed by atoms with E-state index in [1.807, 2.05) is 6.92 Å². The van der Waals surface area contributed by atoms with Crippen molar-refractivity contribution in [1.29, 1.82) is 0 Å². The van der Waals surface area contributed by atoms with Gasteiger partial charge in [-0.3, -0.25) is 9.59 Å². The average Bonchev–Trinajstić information content (AvgIpc) is 2.39. The van der Waals surface area contributed by atoms with Crippen LogP contribution in [0.25, 0.3) is 0 Å². The summed E-state index contributed by atoms with van der Waals surface area (Å²) in [7, 11) is 0. The third-order valence-electron chi connectivity index (χ3n) is 4.15. The number of carbonyl (C=O) groups excluding carboxylic acids is 1. The Kier molecular flexibility index (Phi) is 6.99. The van der Waals surface area contributed by atoms with Crippen molar-refractivity contribution >= 4 is 11.9 Å². The Morgan fingerprint density at radius 3 is 2.50 bits per heavy atom. The van der Waals surface area contributed by atoms with Crippen LogP contribution in [0.5, 0.6) is 0 Å². The normalized spacial score (nSPS) is 19.3. The molecule has 1 fully saturated rings. The maximum absolute atomic E-state index is 12.2. The molecule has 0 heterocycles. The zero-order valence-corrected chi connectivity index (χ0v) is 12.4. The molecular formula is C15H27NO4. The highest BCUT2D eigenvalue weighted by Crippen LogP contribution is 2.35. The smallest absolute Gasteiger partial charge is 0.310 e. The van der Waals surface area contributed by atoms with Crippen LogP contribution in [-0.2, 0) is 14.3 Å². The van der Waals surface area contributed by atoms with E-state index in [-0.39, 0.29) is 18.8 Å². The largest absolute Gasteiger partial charge is 0.481 e. The lowest BCUT2D eigenvalue weighted by Gasteiger charge is -2.39. The number of carboxylic acids is 1. The molecule has 1 saturated carbocycles. The number of esters is 1. The van der Waals surface area contributed by atoms with Crippen LogP contribution in [0.15, 0.2) is 0 Å². The summed E-state index contributed by atoms with van der Waals surface area (Å²) >= 11 is 0. The molecule has 0 aliphatic heterocycles. The second-order valence-electron chi connectivity index (χ2n) is 5.80. The minimum absolute atomic E-state index is 0.0352. The number of rotatable bonds is 8. The molecule has 1 aliphatic rings. The van der Waals surface area contributed by atoms with E-state index in [1.54, 1.807) is 0 Å². The van der Waals surface area contributed by atoms with Crippen LogP contribution in [-0.4, -0.2) is 29.2 Å². The van der Waals surface area contributed by atoms with Gasteiger partial charge < -0.3 is 15.6 Å². The van der Waals surface area contributed by atoms with E-state index in [0.29, 0.717) is 6.61 Å². The number of unbranched alkanes of at least 4 members (excludes halogenated alkanes) is 1. The van der Waals surface area contributed by atoms with Crippen LogP contribution in [0.1, 0.15) is 64.7 Å². The van der Waals surface area contributed by atoms with Crippen molar-refractivity contribution in [3.05, 3.63) is 0 Å². The predicted octanol–water partition coefficient (Wildman–Crippen LogP) is 2.47. The molecule has 0 spiro atoms. The summed E-state index contributed by atoms with van der Waals surface area (Å²) in [4.78, 5) is 23.0. The van der Waals surface area contributed by atoms with E-state index in [0.717, 1.165) is 44.9 Å². The first kappa shape index (κ1) is 17.0. The summed E-state index contributed by atoms with van der Waals surface area (Å²) in [6.45, 7) is 2.43. The molecule has 5 heteroatoms. The SMILES string of the molecule is CCCCOC(=O)C(CCC(=O)O)C1(N)CCCCC1. The Balaban J connectivity index is 2.67. The third-order valence-corrected chi connectivity index (χ3v) is 4.15. The molecular weight excluding hydrogens is 258 g/mol. The first-order chi connectivity index (χ1) is 9.49. The van der Waals surface area contributed by atoms with Crippen molar-refractivity contribution in [3.8, 4) is 0 Å². The number of hydrogen-bond donors (Lipinski definition) is 2. The van der Waals surface area contributed by atoms with E-state index in [9.17, 15) is 9.59 Å². The van der Waals surface area contributed by atoms with Gasteiger partial charge >= 0.3 is 11.9 Å². The molecule has 0 bridgehead atoms. The van der Waals surface area contributed by atoms with Crippen LogP contribution >= 0.6 is 0 Å². The summed E-state index contributed by atoms with van der Waals surface area (Å²) in [5.41, 5.74) is 5.81. The second-order valence-corrected chi connectivity index (χ2v) is 5.80. The van der Waals surface area contributed by atoms with Gasteiger partial charge in [-0.2, -0.15) is 0 Å². The van der Waals surface area contributed by atoms with E-state index in [2.05, 4.69) is 0 Å². The molecule has 0 saturated heterocycles. The monoisotopic (exact) mass is 285 g/mol. The number of aliphatic carboxylic acids is 1. The minimum Gasteiger partial charge on any atom is -0.481 e. The highest BCUT2D eigenvalue weighted by molar-refractivity contribution is 5.75. The van der Waals surface area contributed by atoms with Crippen molar-refractivity contribution in [3.63, 3.8) is 0 Å². The van der Waals surface area contributed by atoms with Crippen molar-refractivity contribution in [2.45, 2.75) is 70.3 Å². The van der Waals surface area contributed by atoms with Crippen molar-refractivity contribution in [1.82, 2.24) is 0 Å². The van der Waals surface area contributed by atoms with Crippen LogP contribution in [0.3, 0.4) is 0 Å². The van der Waals surface area contributed by atoms with Crippen molar-refractivity contribution in [2.75, 3.05) is 6.61 Å². The lowest BCUT2D eigenvalue weighted by atomic mass is 9.72. The Morgan fingerprint density at radius 2 is 1.95 bits per heavy atom. The molecule has 20 heavy (non-hydrogen) atoms. The van der Waals surface area contributed by atoms with E-state index >= 15 is 0 Å². The zero-order chi connectivity index (χ0) is 15.0. The van der Waals surface area contributed by atoms with Crippen LogP contribution in [0.4, 0.5) is 0 Å². The fourth-order valence-corrected chi connectivity index (χ4v) is 2.88. The fourth-order valence-electron chi connectivity index (χ4n) is 2.88. The second kappa shape index (κ2) is 8.25. The highest BCUT2D eigenvalue weighted by Gasteiger charge is 2.41. The maximum atomic E-state index is 12.2. The molecule has 1 aliphatic carbocycles. The van der Waals surface area contributed by atoms with Crippen LogP contribution in [0.2, 0.25) is 0 Å². The van der Waals surface area contributed by atoms with Crippen molar-refractivity contribution in [2.24, 2.45) is 11.7 Å². The average molecular weight is 285 g/mol. The highest BCUT2D eigenvalue weighted by atomic mass is 16.5. The lowest BCUT2D eigenvalue weighted by molar-refractivity contribution is -0.152. The molecule has 0 aromatic rings. The van der Waals surface area contributed by atoms with Gasteiger partial charge in [-0.05, 0) is 25.7 Å². The number of hydrogen-bond acceptors (Lipinski definition) is 4. The number of carbonyl (C=O) groups is 2. The maximum Gasteiger partial charge on any atom is 0.310 e. The summed E-state index contributed by atoms with van der Waals surface area (Å²) in [5, 5.41) is 8.85. The molecule has 1 atom stereocenters. The minimum atomic E-state index is -0.893. The van der Waals surface area contributed by atoms with Gasteiger partial charge in [-0.25, -0.2) is 0 Å². The fraction of sp³-hybridized carbons (Fsp3) is 0.867. The van der Waals surface area contributed by atoms with E-state index in [4.69, 9.17) is 15.6 Å². The van der Waals surface area contributed by atoms with Gasteiger partial charge in [0, 0.05) is 12.0 Å². The van der Waals surface area contributed by atoms with E-state index in [1.165, 1.54) is 0 Å². The zero-order valence-electron chi connectivity index (χ0n) is 12.4. The number of nitrogens with two attached hydrogens (primary N) is 1. The summed E-state index contributed by atoms with van der Waals surface area (Å²) in [5.74, 6) is -1.70. The Hall–Kier alpha value is -1.10. The topological polar surface area (TPSA) is 89.6 Å². The quantitative estimate of drug-likeness (QED) is 0.528. The molecule has 0 aromatic carbocycles. The van der Waals surface area contributed by atoms with Gasteiger partial charge in [0.15, 0.2) is 0 Å². The molecule has 3 N–H and O–H groups in total. The lowest BCUT2D eigenvalue weighted by Crippen LogP contribution is -2.52. The van der Waals surface area contributed by atoms with Gasteiger partial charge in [0.05, 0.1) is 12.5 Å². The molecule has 0 radical (unpaired) electrons. The first-order valence-electron chi connectivity index (χ1n) is 7.67. The van der Waals surface area contributed by atoms with Gasteiger partial charge in [-0.1, -0.05) is 32.6 Å². The summed E-state index contributed by atoms with van der Waals surface area (Å²) in [6, 6.07) is 0. The molecule has 0 amide bonds. The number of carboxylic acid groups (broad SMARTS) is 1. The Morgan fingerprint density at radius 1 is 1.30 bits per heavy atom.